The van der Waals surface area contributed by atoms with Gasteiger partial charge < -0.3 is 15.4 Å². The molecule has 1 fully saturated rings. The summed E-state index contributed by atoms with van der Waals surface area (Å²) >= 11 is 5.60. The van der Waals surface area contributed by atoms with Gasteiger partial charge in [0.2, 0.25) is 0 Å². The number of hydrogen-bond donors (Lipinski definition) is 2. The molecule has 2 aliphatic rings. The van der Waals surface area contributed by atoms with Gasteiger partial charge in [-0.1, -0.05) is 48.5 Å². The largest absolute Gasteiger partial charge is 0.493 e. The molecule has 0 amide bonds. The predicted molar refractivity (Wildman–Crippen MR) is 113 cm³/mol. The van der Waals surface area contributed by atoms with Crippen molar-refractivity contribution in [3.8, 4) is 5.75 Å². The van der Waals surface area contributed by atoms with E-state index in [1.807, 2.05) is 12.1 Å². The van der Waals surface area contributed by atoms with E-state index < -0.39 is 0 Å². The lowest BCUT2D eigenvalue weighted by Crippen LogP contribution is -2.48. The van der Waals surface area contributed by atoms with Crippen LogP contribution in [0, 0.1) is 0 Å². The van der Waals surface area contributed by atoms with E-state index in [1.54, 1.807) is 0 Å². The van der Waals surface area contributed by atoms with Crippen molar-refractivity contribution in [3.63, 3.8) is 0 Å². The van der Waals surface area contributed by atoms with E-state index in [2.05, 4.69) is 58.0 Å². The van der Waals surface area contributed by atoms with E-state index in [-0.39, 0.29) is 6.04 Å². The number of piperidine rings is 1. The van der Waals surface area contributed by atoms with E-state index in [0.717, 1.165) is 56.4 Å². The number of rotatable bonds is 4. The molecule has 5 heteroatoms. The average molecular weight is 382 g/mol. The molecule has 0 radical (unpaired) electrons. The molecule has 0 aromatic heterocycles. The molecule has 2 N–H and O–H groups in total. The van der Waals surface area contributed by atoms with Crippen LogP contribution in [0.2, 0.25) is 0 Å². The van der Waals surface area contributed by atoms with Gasteiger partial charge in [0, 0.05) is 37.7 Å². The average Bonchev–Trinajstić information content (AvgIpc) is 2.71. The highest BCUT2D eigenvalue weighted by Gasteiger charge is 2.24. The van der Waals surface area contributed by atoms with Crippen LogP contribution in [0.5, 0.6) is 5.75 Å². The van der Waals surface area contributed by atoms with E-state index >= 15 is 0 Å². The second-order valence-corrected chi connectivity index (χ2v) is 7.79. The van der Waals surface area contributed by atoms with Gasteiger partial charge in [-0.15, -0.1) is 0 Å². The molecule has 142 valence electrons. The smallest absolute Gasteiger partial charge is 0.167 e. The molecule has 2 aromatic carbocycles. The van der Waals surface area contributed by atoms with E-state index in [4.69, 9.17) is 17.0 Å². The van der Waals surface area contributed by atoms with Gasteiger partial charge in [0.1, 0.15) is 5.75 Å². The lowest BCUT2D eigenvalue weighted by Gasteiger charge is -2.34. The zero-order chi connectivity index (χ0) is 18.5. The maximum absolute atomic E-state index is 5.74. The number of nitrogens with zero attached hydrogens (tertiary/aromatic N) is 1. The third-order valence-corrected chi connectivity index (χ3v) is 5.67. The monoisotopic (exact) mass is 381 g/mol. The van der Waals surface area contributed by atoms with Crippen molar-refractivity contribution in [1.82, 2.24) is 15.5 Å². The minimum atomic E-state index is 0.230. The summed E-state index contributed by atoms with van der Waals surface area (Å²) in [5.74, 6) is 0.971. The minimum absolute atomic E-state index is 0.230. The Labute approximate surface area is 166 Å². The van der Waals surface area contributed by atoms with Crippen molar-refractivity contribution >= 4 is 17.3 Å². The number of likely N-dealkylation sites (tertiary alicyclic amines) is 1. The van der Waals surface area contributed by atoms with Crippen molar-refractivity contribution in [2.75, 3.05) is 19.7 Å². The van der Waals surface area contributed by atoms with Gasteiger partial charge >= 0.3 is 0 Å². The van der Waals surface area contributed by atoms with Gasteiger partial charge in [-0.25, -0.2) is 0 Å². The van der Waals surface area contributed by atoms with Crippen molar-refractivity contribution in [2.45, 2.75) is 37.9 Å². The maximum atomic E-state index is 5.74. The van der Waals surface area contributed by atoms with Gasteiger partial charge in [-0.05, 0) is 36.7 Å². The summed E-state index contributed by atoms with van der Waals surface area (Å²) in [7, 11) is 0. The van der Waals surface area contributed by atoms with E-state index in [0.29, 0.717) is 6.04 Å². The summed E-state index contributed by atoms with van der Waals surface area (Å²) in [5, 5.41) is 7.80. The molecule has 4 rings (SSSR count). The number of para-hydroxylation sites is 1. The molecule has 0 saturated carbocycles. The van der Waals surface area contributed by atoms with Crippen LogP contribution in [0.25, 0.3) is 0 Å². The number of nitrogens with one attached hydrogen (secondary N) is 2. The van der Waals surface area contributed by atoms with Gasteiger partial charge in [-0.3, -0.25) is 4.90 Å². The number of benzene rings is 2. The fourth-order valence-electron chi connectivity index (χ4n) is 3.95. The van der Waals surface area contributed by atoms with Crippen LogP contribution in [0.4, 0.5) is 0 Å². The molecule has 27 heavy (non-hydrogen) atoms. The van der Waals surface area contributed by atoms with E-state index in [9.17, 15) is 0 Å². The zero-order valence-corrected chi connectivity index (χ0v) is 16.4. The molecule has 2 aromatic rings. The maximum Gasteiger partial charge on any atom is 0.167 e. The predicted octanol–water partition coefficient (Wildman–Crippen LogP) is 3.64. The Bertz CT molecular complexity index is 759. The van der Waals surface area contributed by atoms with Crippen LogP contribution in [-0.4, -0.2) is 35.8 Å². The van der Waals surface area contributed by atoms with Crippen LogP contribution in [0.15, 0.2) is 54.6 Å². The Balaban J connectivity index is 1.24. The fraction of sp³-hybridized carbons (Fsp3) is 0.409. The summed E-state index contributed by atoms with van der Waals surface area (Å²) < 4.78 is 5.74. The molecule has 0 aliphatic carbocycles. The molecule has 2 heterocycles. The van der Waals surface area contributed by atoms with Gasteiger partial charge in [0.15, 0.2) is 5.11 Å². The Hall–Kier alpha value is -2.11. The quantitative estimate of drug-likeness (QED) is 0.791. The molecule has 4 nitrogen and oxygen atoms in total. The molecule has 0 spiro atoms. The first kappa shape index (κ1) is 18.3. The second-order valence-electron chi connectivity index (χ2n) is 7.38. The van der Waals surface area contributed by atoms with Gasteiger partial charge in [0.05, 0.1) is 12.6 Å². The Kier molecular flexibility index (Phi) is 5.90. The summed E-state index contributed by atoms with van der Waals surface area (Å²) in [5.41, 5.74) is 2.59. The fourth-order valence-corrected chi connectivity index (χ4v) is 4.26. The second kappa shape index (κ2) is 8.72. The topological polar surface area (TPSA) is 36.5 Å². The molecular formula is C22H27N3OS. The van der Waals surface area contributed by atoms with Crippen LogP contribution >= 0.6 is 12.2 Å². The Morgan fingerprint density at radius 1 is 0.963 bits per heavy atom. The molecule has 1 saturated heterocycles. The summed E-state index contributed by atoms with van der Waals surface area (Å²) in [6, 6.07) is 19.6. The normalized spacial score (nSPS) is 20.4. The number of ether oxygens (including phenoxy) is 1. The SMILES string of the molecule is S=C(NC1CCN(Cc2ccccc2)CC1)NC1CCOc2ccccc21. The molecular weight excluding hydrogens is 354 g/mol. The van der Waals surface area contributed by atoms with Crippen molar-refractivity contribution in [1.29, 1.82) is 0 Å². The van der Waals surface area contributed by atoms with Crippen LogP contribution in [-0.2, 0) is 6.54 Å². The van der Waals surface area contributed by atoms with Gasteiger partial charge in [-0.2, -0.15) is 0 Å². The third kappa shape index (κ3) is 4.79. The van der Waals surface area contributed by atoms with Crippen molar-refractivity contribution < 1.29 is 4.74 Å². The first-order valence-corrected chi connectivity index (χ1v) is 10.2. The van der Waals surface area contributed by atoms with E-state index in [1.165, 1.54) is 11.1 Å². The highest BCUT2D eigenvalue weighted by molar-refractivity contribution is 7.80. The zero-order valence-electron chi connectivity index (χ0n) is 15.6. The first-order chi connectivity index (χ1) is 13.3. The highest BCUT2D eigenvalue weighted by Crippen LogP contribution is 2.31. The molecule has 2 aliphatic heterocycles. The van der Waals surface area contributed by atoms with Gasteiger partial charge in [0.25, 0.3) is 0 Å². The molecule has 1 atom stereocenters. The third-order valence-electron chi connectivity index (χ3n) is 5.44. The summed E-state index contributed by atoms with van der Waals surface area (Å²) in [6.45, 7) is 3.98. The number of thiocarbonyl (C=S) groups is 1. The highest BCUT2D eigenvalue weighted by atomic mass is 32.1. The number of fused-ring (bicyclic) bond motifs is 1. The Morgan fingerprint density at radius 2 is 1.70 bits per heavy atom. The van der Waals surface area contributed by atoms with Crippen molar-refractivity contribution in [2.24, 2.45) is 0 Å². The lowest BCUT2D eigenvalue weighted by atomic mass is 10.0. The van der Waals surface area contributed by atoms with Crippen LogP contribution in [0.3, 0.4) is 0 Å². The molecule has 1 unspecified atom stereocenters. The van der Waals surface area contributed by atoms with Crippen LogP contribution in [0.1, 0.15) is 36.4 Å². The Morgan fingerprint density at radius 3 is 2.52 bits per heavy atom. The summed E-state index contributed by atoms with van der Waals surface area (Å²) in [6.07, 6.45) is 3.19. The first-order valence-electron chi connectivity index (χ1n) is 9.83. The number of hydrogen-bond acceptors (Lipinski definition) is 3. The standard InChI is InChI=1S/C22H27N3OS/c27-22(24-20-12-15-26-21-9-5-4-8-19(20)21)23-18-10-13-25(14-11-18)16-17-6-2-1-3-7-17/h1-9,18,20H,10-16H2,(H2,23,24,27). The van der Waals surface area contributed by atoms with Crippen molar-refractivity contribution in [3.05, 3.63) is 65.7 Å². The minimum Gasteiger partial charge on any atom is -0.493 e. The molecule has 0 bridgehead atoms. The van der Waals surface area contributed by atoms with Crippen LogP contribution < -0.4 is 15.4 Å². The summed E-state index contributed by atoms with van der Waals surface area (Å²) in [4.78, 5) is 2.53. The lowest BCUT2D eigenvalue weighted by molar-refractivity contribution is 0.198.